The lowest BCUT2D eigenvalue weighted by Crippen LogP contribution is -2.31. The third-order valence-corrected chi connectivity index (χ3v) is 4.47. The number of fused-ring (bicyclic) bond motifs is 1. The first-order valence-corrected chi connectivity index (χ1v) is 9.23. The summed E-state index contributed by atoms with van der Waals surface area (Å²) < 4.78 is 7.42. The van der Waals surface area contributed by atoms with Crippen LogP contribution in [0.4, 0.5) is 5.69 Å². The maximum atomic E-state index is 12.2. The van der Waals surface area contributed by atoms with E-state index in [0.29, 0.717) is 17.9 Å². The molecule has 0 spiro atoms. The molecule has 0 aliphatic heterocycles. The molecule has 0 unspecified atom stereocenters. The normalized spacial score (nSPS) is 12.1. The third kappa shape index (κ3) is 5.08. The Kier molecular flexibility index (Phi) is 6.44. The van der Waals surface area contributed by atoms with Gasteiger partial charge in [0.2, 0.25) is 5.91 Å². The van der Waals surface area contributed by atoms with E-state index in [1.54, 1.807) is 7.11 Å². The number of amides is 1. The molecule has 0 saturated carbocycles. The molecule has 6 heteroatoms. The van der Waals surface area contributed by atoms with Gasteiger partial charge in [0, 0.05) is 19.0 Å². The van der Waals surface area contributed by atoms with Crippen molar-refractivity contribution in [3.05, 3.63) is 54.9 Å². The van der Waals surface area contributed by atoms with Gasteiger partial charge >= 0.3 is 0 Å². The summed E-state index contributed by atoms with van der Waals surface area (Å²) in [4.78, 5) is 16.6. The number of carbonyl (C=O) groups is 1. The highest BCUT2D eigenvalue weighted by Crippen LogP contribution is 2.23. The van der Waals surface area contributed by atoms with Gasteiger partial charge in [0.1, 0.15) is 5.75 Å². The number of hydrogen-bond donors (Lipinski definition) is 2. The Morgan fingerprint density at radius 3 is 2.81 bits per heavy atom. The van der Waals surface area contributed by atoms with E-state index >= 15 is 0 Å². The molecule has 2 aromatic carbocycles. The Hall–Kier alpha value is -2.86. The van der Waals surface area contributed by atoms with Crippen LogP contribution in [-0.2, 0) is 11.3 Å². The van der Waals surface area contributed by atoms with Crippen LogP contribution < -0.4 is 15.4 Å². The number of rotatable bonds is 9. The van der Waals surface area contributed by atoms with Gasteiger partial charge in [-0.25, -0.2) is 4.98 Å². The van der Waals surface area contributed by atoms with Crippen molar-refractivity contribution in [1.29, 1.82) is 0 Å². The van der Waals surface area contributed by atoms with Crippen molar-refractivity contribution >= 4 is 22.6 Å². The molecule has 0 saturated heterocycles. The fraction of sp³-hybridized carbons (Fsp3) is 0.333. The molecule has 0 aliphatic carbocycles. The van der Waals surface area contributed by atoms with Gasteiger partial charge < -0.3 is 19.9 Å². The summed E-state index contributed by atoms with van der Waals surface area (Å²) in [6, 6.07) is 15.6. The van der Waals surface area contributed by atoms with Crippen LogP contribution in [0, 0.1) is 0 Å². The molecule has 2 N–H and O–H groups in total. The van der Waals surface area contributed by atoms with Gasteiger partial charge in [-0.1, -0.05) is 24.3 Å². The molecule has 0 radical (unpaired) electrons. The molecular weight excluding hydrogens is 340 g/mol. The lowest BCUT2D eigenvalue weighted by atomic mass is 10.2. The zero-order valence-electron chi connectivity index (χ0n) is 15.8. The first kappa shape index (κ1) is 18.9. The topological polar surface area (TPSA) is 68.2 Å². The zero-order valence-corrected chi connectivity index (χ0v) is 15.8. The molecule has 0 fully saturated rings. The lowest BCUT2D eigenvalue weighted by Gasteiger charge is -2.15. The molecule has 6 nitrogen and oxygen atoms in total. The predicted molar refractivity (Wildman–Crippen MR) is 108 cm³/mol. The molecule has 27 heavy (non-hydrogen) atoms. The van der Waals surface area contributed by atoms with Gasteiger partial charge in [-0.15, -0.1) is 0 Å². The summed E-state index contributed by atoms with van der Waals surface area (Å²) in [5, 5.41) is 6.32. The van der Waals surface area contributed by atoms with Gasteiger partial charge in [0.15, 0.2) is 0 Å². The van der Waals surface area contributed by atoms with Gasteiger partial charge in [0.05, 0.1) is 30.2 Å². The van der Waals surface area contributed by atoms with Crippen LogP contribution in [0.25, 0.3) is 11.0 Å². The van der Waals surface area contributed by atoms with Crippen molar-refractivity contribution in [3.8, 4) is 5.75 Å². The minimum Gasteiger partial charge on any atom is -0.495 e. The van der Waals surface area contributed by atoms with Crippen LogP contribution in [0.5, 0.6) is 5.75 Å². The Labute approximate surface area is 159 Å². The average Bonchev–Trinajstić information content (AvgIpc) is 3.09. The molecule has 0 bridgehead atoms. The number of nitrogens with zero attached hydrogens (tertiary/aromatic N) is 2. The number of imidazole rings is 1. The fourth-order valence-electron chi connectivity index (χ4n) is 3.09. The van der Waals surface area contributed by atoms with E-state index in [1.165, 1.54) is 0 Å². The summed E-state index contributed by atoms with van der Waals surface area (Å²) >= 11 is 0. The highest BCUT2D eigenvalue weighted by Gasteiger charge is 2.11. The van der Waals surface area contributed by atoms with Crippen LogP contribution in [0.2, 0.25) is 0 Å². The number of para-hydroxylation sites is 4. The Morgan fingerprint density at radius 1 is 1.19 bits per heavy atom. The van der Waals surface area contributed by atoms with Crippen molar-refractivity contribution < 1.29 is 9.53 Å². The molecule has 1 aromatic heterocycles. The largest absolute Gasteiger partial charge is 0.495 e. The molecule has 0 aliphatic rings. The molecule has 3 rings (SSSR count). The standard InChI is InChI=1S/C21H26N4O2/c1-16(14-21(26)24-18-9-4-6-11-20(18)27-2)22-12-7-13-25-15-23-17-8-3-5-10-19(17)25/h3-6,8-11,15-16,22H,7,12-14H2,1-2H3,(H,24,26)/t16-/m0/s1. The number of methoxy groups -OCH3 is 1. The number of ether oxygens (including phenoxy) is 1. The number of aryl methyl sites for hydroxylation is 1. The van der Waals surface area contributed by atoms with E-state index < -0.39 is 0 Å². The number of hydrogen-bond acceptors (Lipinski definition) is 4. The minimum absolute atomic E-state index is 0.0277. The van der Waals surface area contributed by atoms with Gasteiger partial charge in [-0.3, -0.25) is 4.79 Å². The van der Waals surface area contributed by atoms with E-state index in [9.17, 15) is 4.79 Å². The number of nitrogens with one attached hydrogen (secondary N) is 2. The van der Waals surface area contributed by atoms with Gasteiger partial charge in [-0.05, 0) is 44.2 Å². The smallest absolute Gasteiger partial charge is 0.226 e. The van der Waals surface area contributed by atoms with Gasteiger partial charge in [-0.2, -0.15) is 0 Å². The Bertz CT molecular complexity index is 891. The Balaban J connectivity index is 1.40. The van der Waals surface area contributed by atoms with Gasteiger partial charge in [0.25, 0.3) is 0 Å². The monoisotopic (exact) mass is 366 g/mol. The summed E-state index contributed by atoms with van der Waals surface area (Å²) in [5.41, 5.74) is 2.87. The van der Waals surface area contributed by atoms with E-state index in [-0.39, 0.29) is 11.9 Å². The van der Waals surface area contributed by atoms with Crippen molar-refractivity contribution in [2.45, 2.75) is 32.4 Å². The number of anilines is 1. The number of aromatic nitrogens is 2. The molecule has 3 aromatic rings. The first-order chi connectivity index (χ1) is 13.2. The van der Waals surface area contributed by atoms with E-state index in [1.807, 2.05) is 55.7 Å². The van der Waals surface area contributed by atoms with Crippen molar-refractivity contribution in [3.63, 3.8) is 0 Å². The summed E-state index contributed by atoms with van der Waals surface area (Å²) in [6.07, 6.45) is 3.26. The minimum atomic E-state index is -0.0277. The second-order valence-electron chi connectivity index (χ2n) is 6.59. The second kappa shape index (κ2) is 9.19. The van der Waals surface area contributed by atoms with E-state index in [4.69, 9.17) is 4.74 Å². The maximum Gasteiger partial charge on any atom is 0.226 e. The predicted octanol–water partition coefficient (Wildman–Crippen LogP) is 3.44. The summed E-state index contributed by atoms with van der Waals surface area (Å²) in [6.45, 7) is 3.76. The Morgan fingerprint density at radius 2 is 1.96 bits per heavy atom. The highest BCUT2D eigenvalue weighted by atomic mass is 16.5. The first-order valence-electron chi connectivity index (χ1n) is 9.23. The summed E-state index contributed by atoms with van der Waals surface area (Å²) in [7, 11) is 1.60. The van der Waals surface area contributed by atoms with Crippen LogP contribution >= 0.6 is 0 Å². The van der Waals surface area contributed by atoms with Crippen molar-refractivity contribution in [2.75, 3.05) is 19.0 Å². The zero-order chi connectivity index (χ0) is 19.1. The van der Waals surface area contributed by atoms with Crippen LogP contribution in [0.1, 0.15) is 19.8 Å². The average molecular weight is 366 g/mol. The second-order valence-corrected chi connectivity index (χ2v) is 6.59. The van der Waals surface area contributed by atoms with Crippen molar-refractivity contribution in [2.24, 2.45) is 0 Å². The molecule has 1 atom stereocenters. The fourth-order valence-corrected chi connectivity index (χ4v) is 3.09. The quantitative estimate of drug-likeness (QED) is 0.569. The summed E-state index contributed by atoms with van der Waals surface area (Å²) in [5.74, 6) is 0.638. The SMILES string of the molecule is COc1ccccc1NC(=O)C[C@H](C)NCCCn1cnc2ccccc21. The number of carbonyl (C=O) groups excluding carboxylic acids is 1. The lowest BCUT2D eigenvalue weighted by molar-refractivity contribution is -0.116. The molecule has 1 amide bonds. The maximum absolute atomic E-state index is 12.2. The van der Waals surface area contributed by atoms with E-state index in [2.05, 4.69) is 26.3 Å². The van der Waals surface area contributed by atoms with Crippen LogP contribution in [0.15, 0.2) is 54.9 Å². The van der Waals surface area contributed by atoms with Crippen molar-refractivity contribution in [1.82, 2.24) is 14.9 Å². The molecule has 142 valence electrons. The van der Waals surface area contributed by atoms with E-state index in [0.717, 1.165) is 30.5 Å². The number of benzene rings is 2. The molecule has 1 heterocycles. The molecular formula is C21H26N4O2. The highest BCUT2D eigenvalue weighted by molar-refractivity contribution is 5.92. The van der Waals surface area contributed by atoms with Crippen LogP contribution in [0.3, 0.4) is 0 Å². The van der Waals surface area contributed by atoms with Crippen LogP contribution in [-0.4, -0.2) is 35.2 Å². The third-order valence-electron chi connectivity index (χ3n) is 4.47.